The van der Waals surface area contributed by atoms with E-state index >= 15 is 0 Å². The Kier molecular flexibility index (Phi) is 3.47. The van der Waals surface area contributed by atoms with Crippen molar-refractivity contribution in [3.63, 3.8) is 0 Å². The number of methoxy groups -OCH3 is 1. The van der Waals surface area contributed by atoms with Gasteiger partial charge >= 0.3 is 11.9 Å². The number of carboxylic acid groups (broad SMARTS) is 1. The van der Waals surface area contributed by atoms with Crippen LogP contribution in [0.5, 0.6) is 5.75 Å². The first-order valence-electron chi connectivity index (χ1n) is 4.72. The van der Waals surface area contributed by atoms with Crippen LogP contribution < -0.4 is 4.74 Å². The lowest BCUT2D eigenvalue weighted by molar-refractivity contribution is -0.166. The van der Waals surface area contributed by atoms with Gasteiger partial charge in [-0.3, -0.25) is 0 Å². The van der Waals surface area contributed by atoms with Gasteiger partial charge in [0.05, 0.1) is 7.11 Å². The van der Waals surface area contributed by atoms with Crippen molar-refractivity contribution in [3.8, 4) is 5.75 Å². The van der Waals surface area contributed by atoms with Crippen LogP contribution in [0.1, 0.15) is 18.1 Å². The number of alkyl halides is 2. The van der Waals surface area contributed by atoms with Gasteiger partial charge in [-0.1, -0.05) is 6.92 Å². The predicted octanol–water partition coefficient (Wildman–Crippen LogP) is 2.43. The van der Waals surface area contributed by atoms with E-state index in [-0.39, 0.29) is 0 Å². The van der Waals surface area contributed by atoms with E-state index in [4.69, 9.17) is 9.84 Å². The van der Waals surface area contributed by atoms with E-state index in [1.807, 2.05) is 0 Å². The molecule has 0 fully saturated rings. The first kappa shape index (κ1) is 12.4. The first-order valence-corrected chi connectivity index (χ1v) is 4.72. The predicted molar refractivity (Wildman–Crippen MR) is 53.9 cm³/mol. The Labute approximate surface area is 91.7 Å². The van der Waals surface area contributed by atoms with E-state index in [0.29, 0.717) is 17.7 Å². The number of carboxylic acids is 1. The molecule has 1 aromatic carbocycles. The number of ether oxygens (including phenoxy) is 1. The molecule has 5 heteroatoms. The Morgan fingerprint density at radius 2 is 2.12 bits per heavy atom. The molecule has 0 bridgehead atoms. The molecule has 0 unspecified atom stereocenters. The normalized spacial score (nSPS) is 11.2. The van der Waals surface area contributed by atoms with Crippen molar-refractivity contribution in [2.24, 2.45) is 0 Å². The molecule has 0 saturated carbocycles. The molecular weight excluding hydrogens is 218 g/mol. The van der Waals surface area contributed by atoms with Gasteiger partial charge in [-0.05, 0) is 30.2 Å². The topological polar surface area (TPSA) is 46.5 Å². The number of benzene rings is 1. The van der Waals surface area contributed by atoms with Crippen LogP contribution in [-0.2, 0) is 17.1 Å². The van der Waals surface area contributed by atoms with Crippen LogP contribution in [0.15, 0.2) is 18.2 Å². The van der Waals surface area contributed by atoms with Crippen LogP contribution in [0.3, 0.4) is 0 Å². The van der Waals surface area contributed by atoms with E-state index in [2.05, 4.69) is 0 Å². The van der Waals surface area contributed by atoms with Crippen molar-refractivity contribution >= 4 is 5.97 Å². The van der Waals surface area contributed by atoms with Crippen LogP contribution in [0.2, 0.25) is 0 Å². The Balaban J connectivity index is 3.23. The van der Waals surface area contributed by atoms with Crippen LogP contribution in [0.4, 0.5) is 8.78 Å². The molecule has 0 atom stereocenters. The number of aliphatic carboxylic acids is 1. The number of aryl methyl sites for hydroxylation is 1. The highest BCUT2D eigenvalue weighted by atomic mass is 19.3. The summed E-state index contributed by atoms with van der Waals surface area (Å²) in [6.45, 7) is 1.78. The fourth-order valence-corrected chi connectivity index (χ4v) is 1.37. The molecule has 88 valence electrons. The number of rotatable bonds is 4. The molecule has 1 rings (SSSR count). The molecule has 0 saturated heterocycles. The third-order valence-electron chi connectivity index (χ3n) is 2.29. The van der Waals surface area contributed by atoms with Crippen molar-refractivity contribution < 1.29 is 23.4 Å². The van der Waals surface area contributed by atoms with Gasteiger partial charge in [0.1, 0.15) is 5.75 Å². The monoisotopic (exact) mass is 230 g/mol. The standard InChI is InChI=1S/C11H12F2O3/c1-3-7-6-8(4-5-9(7)16-2)11(12,13)10(14)15/h4-6H,3H2,1-2H3,(H,14,15). The second kappa shape index (κ2) is 4.47. The quantitative estimate of drug-likeness (QED) is 0.864. The van der Waals surface area contributed by atoms with Crippen LogP contribution in [0.25, 0.3) is 0 Å². The Hall–Kier alpha value is -1.65. The van der Waals surface area contributed by atoms with Gasteiger partial charge in [-0.15, -0.1) is 0 Å². The van der Waals surface area contributed by atoms with Crippen molar-refractivity contribution in [3.05, 3.63) is 29.3 Å². The molecule has 16 heavy (non-hydrogen) atoms. The van der Waals surface area contributed by atoms with E-state index < -0.39 is 17.5 Å². The molecule has 1 aromatic rings. The highest BCUT2D eigenvalue weighted by Crippen LogP contribution is 2.31. The van der Waals surface area contributed by atoms with Gasteiger partial charge in [0.2, 0.25) is 0 Å². The highest BCUT2D eigenvalue weighted by molar-refractivity contribution is 5.77. The minimum absolute atomic E-state index is 0.479. The third kappa shape index (κ3) is 2.13. The van der Waals surface area contributed by atoms with E-state index in [0.717, 1.165) is 12.1 Å². The molecule has 0 aliphatic carbocycles. The van der Waals surface area contributed by atoms with Gasteiger partial charge in [-0.25, -0.2) is 4.79 Å². The van der Waals surface area contributed by atoms with E-state index in [1.54, 1.807) is 6.92 Å². The van der Waals surface area contributed by atoms with Crippen LogP contribution >= 0.6 is 0 Å². The van der Waals surface area contributed by atoms with Gasteiger partial charge in [0.15, 0.2) is 0 Å². The van der Waals surface area contributed by atoms with Gasteiger partial charge in [0.25, 0.3) is 0 Å². The van der Waals surface area contributed by atoms with Crippen molar-refractivity contribution in [2.45, 2.75) is 19.3 Å². The summed E-state index contributed by atoms with van der Waals surface area (Å²) in [7, 11) is 1.43. The zero-order chi connectivity index (χ0) is 12.3. The average molecular weight is 230 g/mol. The summed E-state index contributed by atoms with van der Waals surface area (Å²) in [5, 5.41) is 8.40. The Morgan fingerprint density at radius 1 is 1.50 bits per heavy atom. The molecular formula is C11H12F2O3. The minimum Gasteiger partial charge on any atom is -0.496 e. The zero-order valence-electron chi connectivity index (χ0n) is 8.96. The lowest BCUT2D eigenvalue weighted by Gasteiger charge is -2.14. The summed E-state index contributed by atoms with van der Waals surface area (Å²) >= 11 is 0. The Bertz CT molecular complexity index is 402. The maximum absolute atomic E-state index is 13.2. The van der Waals surface area contributed by atoms with Gasteiger partial charge < -0.3 is 9.84 Å². The number of carbonyl (C=O) groups is 1. The smallest absolute Gasteiger partial charge is 0.379 e. The molecule has 0 amide bonds. The number of halogens is 2. The van der Waals surface area contributed by atoms with E-state index in [1.165, 1.54) is 13.2 Å². The largest absolute Gasteiger partial charge is 0.496 e. The summed E-state index contributed by atoms with van der Waals surface area (Å²) < 4.78 is 31.4. The molecule has 0 spiro atoms. The lowest BCUT2D eigenvalue weighted by atomic mass is 10.0. The molecule has 0 aliphatic rings. The van der Waals surface area contributed by atoms with Gasteiger partial charge in [-0.2, -0.15) is 8.78 Å². The van der Waals surface area contributed by atoms with Crippen molar-refractivity contribution in [1.29, 1.82) is 0 Å². The van der Waals surface area contributed by atoms with Crippen LogP contribution in [-0.4, -0.2) is 18.2 Å². The molecule has 0 heterocycles. The summed E-state index contributed by atoms with van der Waals surface area (Å²) in [6.07, 6.45) is 0.493. The average Bonchev–Trinajstić information content (AvgIpc) is 2.27. The SMILES string of the molecule is CCc1cc(C(F)(F)C(=O)O)ccc1OC. The number of hydrogen-bond acceptors (Lipinski definition) is 2. The second-order valence-electron chi connectivity index (χ2n) is 3.26. The summed E-state index contributed by atoms with van der Waals surface area (Å²) in [6, 6.07) is 3.57. The van der Waals surface area contributed by atoms with E-state index in [9.17, 15) is 13.6 Å². The first-order chi connectivity index (χ1) is 7.43. The summed E-state index contributed by atoms with van der Waals surface area (Å²) in [4.78, 5) is 10.4. The molecule has 0 aromatic heterocycles. The van der Waals surface area contributed by atoms with Gasteiger partial charge in [0, 0.05) is 5.56 Å². The zero-order valence-corrected chi connectivity index (χ0v) is 8.96. The maximum Gasteiger partial charge on any atom is 0.379 e. The van der Waals surface area contributed by atoms with Crippen molar-refractivity contribution in [2.75, 3.05) is 7.11 Å². The Morgan fingerprint density at radius 3 is 2.56 bits per heavy atom. The highest BCUT2D eigenvalue weighted by Gasteiger charge is 2.41. The fraction of sp³-hybridized carbons (Fsp3) is 0.364. The third-order valence-corrected chi connectivity index (χ3v) is 2.29. The lowest BCUT2D eigenvalue weighted by Crippen LogP contribution is -2.25. The second-order valence-corrected chi connectivity index (χ2v) is 3.26. The summed E-state index contributed by atoms with van der Waals surface area (Å²) in [5.41, 5.74) is 0.0265. The molecule has 0 aliphatic heterocycles. The summed E-state index contributed by atoms with van der Waals surface area (Å²) in [5.74, 6) is -5.54. The maximum atomic E-state index is 13.2. The number of hydrogen-bond donors (Lipinski definition) is 1. The molecule has 3 nitrogen and oxygen atoms in total. The van der Waals surface area contributed by atoms with Crippen molar-refractivity contribution in [1.82, 2.24) is 0 Å². The molecule has 1 N–H and O–H groups in total. The van der Waals surface area contributed by atoms with Crippen LogP contribution in [0, 0.1) is 0 Å². The minimum atomic E-state index is -3.86. The molecule has 0 radical (unpaired) electrons. The fourth-order valence-electron chi connectivity index (χ4n) is 1.37.